The molecule has 51 heavy (non-hydrogen) atoms. The van der Waals surface area contributed by atoms with Crippen molar-refractivity contribution in [1.82, 2.24) is 19.9 Å². The third kappa shape index (κ3) is 5.96. The molecule has 2 heterocycles. The van der Waals surface area contributed by atoms with Gasteiger partial charge in [-0.15, -0.1) is 0 Å². The molecule has 0 unspecified atom stereocenters. The summed E-state index contributed by atoms with van der Waals surface area (Å²) in [6.45, 7) is 0. The zero-order valence-electron chi connectivity index (χ0n) is 27.7. The summed E-state index contributed by atoms with van der Waals surface area (Å²) < 4.78 is 1.08. The van der Waals surface area contributed by atoms with E-state index >= 15 is 0 Å². The van der Waals surface area contributed by atoms with E-state index in [-0.39, 0.29) is 0 Å². The predicted molar refractivity (Wildman–Crippen MR) is 210 cm³/mol. The van der Waals surface area contributed by atoms with Crippen molar-refractivity contribution in [1.29, 1.82) is 0 Å². The van der Waals surface area contributed by atoms with Crippen LogP contribution in [0.5, 0.6) is 0 Å². The fourth-order valence-corrected chi connectivity index (χ4v) is 7.45. The third-order valence-electron chi connectivity index (χ3n) is 9.47. The van der Waals surface area contributed by atoms with Crippen molar-refractivity contribution in [3.05, 3.63) is 191 Å². The smallest absolute Gasteiger partial charge is 0.160 e. The van der Waals surface area contributed by atoms with E-state index in [1.54, 1.807) is 0 Å². The van der Waals surface area contributed by atoms with Crippen LogP contribution in [0.25, 0.3) is 67.5 Å². The highest BCUT2D eigenvalue weighted by molar-refractivity contribution is 9.10. The second-order valence-electron chi connectivity index (χ2n) is 12.7. The van der Waals surface area contributed by atoms with Gasteiger partial charge in [-0.2, -0.15) is 0 Å². The third-order valence-corrected chi connectivity index (χ3v) is 9.96. The lowest BCUT2D eigenvalue weighted by Gasteiger charge is -2.11. The molecule has 8 aromatic rings. The Bertz CT molecular complexity index is 2520. The number of aromatic nitrogens is 4. The van der Waals surface area contributed by atoms with Crippen molar-refractivity contribution >= 4 is 15.9 Å². The van der Waals surface area contributed by atoms with E-state index in [4.69, 9.17) is 19.9 Å². The molecule has 0 N–H and O–H groups in total. The number of fused-ring (bicyclic) bond motifs is 6. The van der Waals surface area contributed by atoms with Crippen LogP contribution in [0.1, 0.15) is 22.5 Å². The molecule has 242 valence electrons. The Kier molecular flexibility index (Phi) is 8.11. The Hall–Kier alpha value is -6.04. The van der Waals surface area contributed by atoms with E-state index in [9.17, 15) is 0 Å². The molecule has 2 aliphatic carbocycles. The second kappa shape index (κ2) is 13.3. The van der Waals surface area contributed by atoms with Gasteiger partial charge in [-0.25, -0.2) is 19.9 Å². The van der Waals surface area contributed by atoms with Crippen LogP contribution in [-0.2, 0) is 12.8 Å². The Morgan fingerprint density at radius 3 is 1.29 bits per heavy atom. The molecule has 0 saturated carbocycles. The standard InChI is InChI=1S/C23H15BrN2.C23H16N2/c24-18-12-11-17-13-20-21(19(17)14-18)22(15-7-3-1-4-8-15)26-23(25-20)16-9-5-2-6-10-16;1-3-9-16(10-4-1)22-21-19-14-8-7-13-18(19)15-20(21)24-23(25-22)17-11-5-2-6-12-17/h1-12,14H,13H2;1-14H,15H2. The summed E-state index contributed by atoms with van der Waals surface area (Å²) >= 11 is 3.61. The first kappa shape index (κ1) is 31.0. The quantitative estimate of drug-likeness (QED) is 0.182. The average Bonchev–Trinajstić information content (AvgIpc) is 3.77. The monoisotopic (exact) mass is 718 g/mol. The van der Waals surface area contributed by atoms with Gasteiger partial charge in [0.2, 0.25) is 0 Å². The van der Waals surface area contributed by atoms with Gasteiger partial charge in [-0.3, -0.25) is 0 Å². The maximum Gasteiger partial charge on any atom is 0.160 e. The predicted octanol–water partition coefficient (Wildman–Crippen LogP) is 11.5. The Labute approximate surface area is 305 Å². The number of benzene rings is 6. The molecule has 0 fully saturated rings. The summed E-state index contributed by atoms with van der Waals surface area (Å²) in [6, 6.07) is 56.2. The van der Waals surface area contributed by atoms with Crippen molar-refractivity contribution in [3.8, 4) is 67.5 Å². The van der Waals surface area contributed by atoms with Gasteiger partial charge < -0.3 is 0 Å². The summed E-state index contributed by atoms with van der Waals surface area (Å²) in [6.07, 6.45) is 1.72. The van der Waals surface area contributed by atoms with Gasteiger partial charge in [0, 0.05) is 50.7 Å². The van der Waals surface area contributed by atoms with Crippen molar-refractivity contribution in [2.45, 2.75) is 12.8 Å². The van der Waals surface area contributed by atoms with Crippen molar-refractivity contribution < 1.29 is 0 Å². The van der Waals surface area contributed by atoms with Crippen LogP contribution in [0.4, 0.5) is 0 Å². The minimum Gasteiger partial charge on any atom is -0.232 e. The van der Waals surface area contributed by atoms with E-state index < -0.39 is 0 Å². The largest absolute Gasteiger partial charge is 0.232 e. The molecule has 6 aromatic carbocycles. The maximum atomic E-state index is 4.99. The van der Waals surface area contributed by atoms with E-state index in [1.165, 1.54) is 27.8 Å². The molecule has 0 atom stereocenters. The summed E-state index contributed by atoms with van der Waals surface area (Å²) in [5.74, 6) is 1.58. The number of nitrogens with zero attached hydrogens (tertiary/aromatic N) is 4. The van der Waals surface area contributed by atoms with Crippen LogP contribution in [0.2, 0.25) is 0 Å². The lowest BCUT2D eigenvalue weighted by molar-refractivity contribution is 1.08. The zero-order valence-corrected chi connectivity index (χ0v) is 29.3. The Morgan fingerprint density at radius 2 is 0.784 bits per heavy atom. The fraction of sp³-hybridized carbons (Fsp3) is 0.0435. The molecule has 0 saturated heterocycles. The molecule has 0 aliphatic heterocycles. The molecule has 2 aliphatic rings. The second-order valence-corrected chi connectivity index (χ2v) is 13.6. The molecule has 0 bridgehead atoms. The lowest BCUT2D eigenvalue weighted by Crippen LogP contribution is -1.99. The van der Waals surface area contributed by atoms with Crippen LogP contribution >= 0.6 is 15.9 Å². The topological polar surface area (TPSA) is 51.6 Å². The lowest BCUT2D eigenvalue weighted by atomic mass is 10.0. The Balaban J connectivity index is 0.000000137. The van der Waals surface area contributed by atoms with Crippen LogP contribution in [0, 0.1) is 0 Å². The number of rotatable bonds is 4. The molecule has 0 spiro atoms. The molecular formula is C46H31BrN4. The van der Waals surface area contributed by atoms with Crippen LogP contribution in [0.15, 0.2) is 168 Å². The fourth-order valence-electron chi connectivity index (χ4n) is 7.09. The summed E-state index contributed by atoms with van der Waals surface area (Å²) in [4.78, 5) is 19.8. The van der Waals surface area contributed by atoms with Gasteiger partial charge in [0.25, 0.3) is 0 Å². The molecule has 0 radical (unpaired) electrons. The SMILES string of the molecule is Brc1ccc2c(c1)-c1c(nc(-c3ccccc3)nc1-c1ccccc1)C2.c1ccc(-c2nc3c(c(-c4ccccc4)n2)-c2ccccc2C3)cc1. The van der Waals surface area contributed by atoms with Crippen molar-refractivity contribution in [2.24, 2.45) is 0 Å². The average molecular weight is 720 g/mol. The molecule has 5 heteroatoms. The number of halogens is 1. The first-order valence-corrected chi connectivity index (χ1v) is 17.9. The minimum absolute atomic E-state index is 0.787. The van der Waals surface area contributed by atoms with Gasteiger partial charge in [-0.1, -0.05) is 168 Å². The van der Waals surface area contributed by atoms with Gasteiger partial charge in [-0.05, 0) is 34.4 Å². The highest BCUT2D eigenvalue weighted by Gasteiger charge is 2.27. The normalized spacial score (nSPS) is 11.9. The first-order valence-electron chi connectivity index (χ1n) is 17.1. The first-order chi connectivity index (χ1) is 25.2. The highest BCUT2D eigenvalue weighted by atomic mass is 79.9. The highest BCUT2D eigenvalue weighted by Crippen LogP contribution is 2.44. The molecular weight excluding hydrogens is 688 g/mol. The van der Waals surface area contributed by atoms with Crippen LogP contribution in [-0.4, -0.2) is 19.9 Å². The van der Waals surface area contributed by atoms with E-state index in [2.05, 4.69) is 131 Å². The molecule has 4 nitrogen and oxygen atoms in total. The molecule has 2 aromatic heterocycles. The van der Waals surface area contributed by atoms with Gasteiger partial charge in [0.05, 0.1) is 22.8 Å². The zero-order chi connectivity index (χ0) is 34.1. The van der Waals surface area contributed by atoms with Gasteiger partial charge in [0.15, 0.2) is 11.6 Å². The minimum atomic E-state index is 0.787. The number of hydrogen-bond acceptors (Lipinski definition) is 4. The number of hydrogen-bond donors (Lipinski definition) is 0. The van der Waals surface area contributed by atoms with Crippen LogP contribution in [0.3, 0.4) is 0 Å². The van der Waals surface area contributed by atoms with Gasteiger partial charge in [0.1, 0.15) is 0 Å². The Morgan fingerprint density at radius 1 is 0.373 bits per heavy atom. The van der Waals surface area contributed by atoms with Crippen molar-refractivity contribution in [3.63, 3.8) is 0 Å². The van der Waals surface area contributed by atoms with E-state index in [0.717, 1.165) is 79.6 Å². The summed E-state index contributed by atoms with van der Waals surface area (Å²) in [7, 11) is 0. The summed E-state index contributed by atoms with van der Waals surface area (Å²) in [5, 5.41) is 0. The van der Waals surface area contributed by atoms with E-state index in [0.29, 0.717) is 0 Å². The van der Waals surface area contributed by atoms with Crippen LogP contribution < -0.4 is 0 Å². The maximum absolute atomic E-state index is 4.99. The van der Waals surface area contributed by atoms with Crippen molar-refractivity contribution in [2.75, 3.05) is 0 Å². The van der Waals surface area contributed by atoms with Gasteiger partial charge >= 0.3 is 0 Å². The van der Waals surface area contributed by atoms with E-state index in [1.807, 2.05) is 48.5 Å². The molecule has 0 amide bonds. The molecule has 10 rings (SSSR count). The summed E-state index contributed by atoms with van der Waals surface area (Å²) in [5.41, 5.74) is 16.1.